The number of unbranched alkanes of at least 4 members (excludes halogenated alkanes) is 1. The van der Waals surface area contributed by atoms with E-state index in [0.717, 1.165) is 32.0 Å². The molecule has 2 heterocycles. The van der Waals surface area contributed by atoms with Gasteiger partial charge in [0.15, 0.2) is 0 Å². The molecule has 2 rings (SSSR count). The molecule has 110 valence electrons. The first kappa shape index (κ1) is 14.8. The van der Waals surface area contributed by atoms with Crippen molar-refractivity contribution in [2.45, 2.75) is 51.5 Å². The normalized spacial score (nSPS) is 26.3. The van der Waals surface area contributed by atoms with Gasteiger partial charge in [0.05, 0.1) is 12.7 Å². The second-order valence-corrected chi connectivity index (χ2v) is 6.19. The fourth-order valence-electron chi connectivity index (χ4n) is 3.12. The highest BCUT2D eigenvalue weighted by atomic mass is 16.2. The van der Waals surface area contributed by atoms with Crippen molar-refractivity contribution in [2.75, 3.05) is 33.4 Å². The molecule has 1 amide bonds. The third-order valence-electron chi connectivity index (χ3n) is 4.63. The molecule has 4 heteroatoms. The van der Waals surface area contributed by atoms with Gasteiger partial charge in [0, 0.05) is 6.54 Å². The van der Waals surface area contributed by atoms with Gasteiger partial charge in [-0.1, -0.05) is 19.8 Å². The zero-order valence-electron chi connectivity index (χ0n) is 12.5. The first-order chi connectivity index (χ1) is 9.20. The maximum atomic E-state index is 12.2. The summed E-state index contributed by atoms with van der Waals surface area (Å²) >= 11 is 0. The molecule has 0 radical (unpaired) electrons. The fourth-order valence-corrected chi connectivity index (χ4v) is 3.12. The third-order valence-corrected chi connectivity index (χ3v) is 4.63. The molecule has 19 heavy (non-hydrogen) atoms. The second-order valence-electron chi connectivity index (χ2n) is 6.19. The van der Waals surface area contributed by atoms with E-state index in [1.54, 1.807) is 0 Å². The molecule has 2 aliphatic heterocycles. The second kappa shape index (κ2) is 7.25. The maximum Gasteiger partial charge on any atom is 0.240 e. The zero-order chi connectivity index (χ0) is 13.7. The van der Waals surface area contributed by atoms with Crippen LogP contribution in [0.25, 0.3) is 0 Å². The Balaban J connectivity index is 1.68. The van der Waals surface area contributed by atoms with Crippen LogP contribution in [0.15, 0.2) is 0 Å². The number of carbonyl (C=O) groups is 1. The number of rotatable bonds is 6. The minimum Gasteiger partial charge on any atom is -0.329 e. The highest BCUT2D eigenvalue weighted by Gasteiger charge is 2.30. The molecule has 2 fully saturated rings. The lowest BCUT2D eigenvalue weighted by atomic mass is 9.93. The van der Waals surface area contributed by atoms with Crippen LogP contribution in [-0.2, 0) is 4.79 Å². The smallest absolute Gasteiger partial charge is 0.240 e. The summed E-state index contributed by atoms with van der Waals surface area (Å²) in [4.78, 5) is 16.6. The van der Waals surface area contributed by atoms with E-state index in [9.17, 15) is 4.79 Å². The van der Waals surface area contributed by atoms with Crippen molar-refractivity contribution in [2.24, 2.45) is 5.92 Å². The summed E-state index contributed by atoms with van der Waals surface area (Å²) in [5.41, 5.74) is 0. The average molecular weight is 267 g/mol. The molecule has 4 nitrogen and oxygen atoms in total. The Morgan fingerprint density at radius 2 is 2.00 bits per heavy atom. The third kappa shape index (κ3) is 4.18. The number of hydrogen-bond donors (Lipinski definition) is 1. The summed E-state index contributed by atoms with van der Waals surface area (Å²) in [5.74, 6) is 1.15. The molecule has 2 aliphatic rings. The Labute approximate surface area is 117 Å². The van der Waals surface area contributed by atoms with Gasteiger partial charge in [-0.3, -0.25) is 10.1 Å². The average Bonchev–Trinajstić information content (AvgIpc) is 2.77. The van der Waals surface area contributed by atoms with Crippen LogP contribution in [0.1, 0.15) is 45.4 Å². The molecule has 0 spiro atoms. The minimum atomic E-state index is 0.0949. The van der Waals surface area contributed by atoms with Crippen LogP contribution in [0.5, 0.6) is 0 Å². The lowest BCUT2D eigenvalue weighted by molar-refractivity contribution is -0.129. The van der Waals surface area contributed by atoms with Gasteiger partial charge in [0.25, 0.3) is 0 Å². The molecule has 0 saturated carbocycles. The van der Waals surface area contributed by atoms with Crippen LogP contribution in [0, 0.1) is 5.92 Å². The summed E-state index contributed by atoms with van der Waals surface area (Å²) in [7, 11) is 2.20. The van der Waals surface area contributed by atoms with Gasteiger partial charge in [-0.15, -0.1) is 0 Å². The van der Waals surface area contributed by atoms with Gasteiger partial charge < -0.3 is 9.80 Å². The lowest BCUT2D eigenvalue weighted by Crippen LogP contribution is -2.34. The van der Waals surface area contributed by atoms with Crippen molar-refractivity contribution in [3.8, 4) is 0 Å². The minimum absolute atomic E-state index is 0.0949. The van der Waals surface area contributed by atoms with Crippen molar-refractivity contribution in [1.29, 1.82) is 0 Å². The largest absolute Gasteiger partial charge is 0.329 e. The van der Waals surface area contributed by atoms with E-state index < -0.39 is 0 Å². The predicted octanol–water partition coefficient (Wildman–Crippen LogP) is 1.67. The molecule has 0 aromatic rings. The number of nitrogens with zero attached hydrogens (tertiary/aromatic N) is 2. The molecule has 1 N–H and O–H groups in total. The van der Waals surface area contributed by atoms with Gasteiger partial charge in [0.2, 0.25) is 5.91 Å². The summed E-state index contributed by atoms with van der Waals surface area (Å²) in [6, 6.07) is 0.0949. The Morgan fingerprint density at radius 1 is 1.26 bits per heavy atom. The molecule has 2 saturated heterocycles. The molecular weight excluding hydrogens is 238 g/mol. The summed E-state index contributed by atoms with van der Waals surface area (Å²) in [6.45, 7) is 6.33. The molecule has 0 aliphatic carbocycles. The van der Waals surface area contributed by atoms with Gasteiger partial charge in [-0.25, -0.2) is 0 Å². The van der Waals surface area contributed by atoms with Crippen molar-refractivity contribution in [1.82, 2.24) is 15.1 Å². The van der Waals surface area contributed by atoms with Crippen LogP contribution < -0.4 is 5.32 Å². The van der Waals surface area contributed by atoms with E-state index in [-0.39, 0.29) is 6.04 Å². The van der Waals surface area contributed by atoms with Crippen molar-refractivity contribution >= 4 is 5.91 Å². The standard InChI is InChI=1S/C15H29N3O/c1-3-4-5-14-15(19)18(12-16-14)11-8-13-6-9-17(2)10-7-13/h13-14,16H,3-12H2,1-2H3. The fraction of sp³-hybridized carbons (Fsp3) is 0.933. The Hall–Kier alpha value is -0.610. The number of nitrogens with one attached hydrogen (secondary N) is 1. The SMILES string of the molecule is CCCCC1NCN(CCC2CCN(C)CC2)C1=O. The summed E-state index contributed by atoms with van der Waals surface area (Å²) in [6.07, 6.45) is 7.09. The van der Waals surface area contributed by atoms with E-state index in [2.05, 4.69) is 24.2 Å². The number of likely N-dealkylation sites (tertiary alicyclic amines) is 1. The Morgan fingerprint density at radius 3 is 2.68 bits per heavy atom. The molecule has 1 unspecified atom stereocenters. The first-order valence-electron chi connectivity index (χ1n) is 7.91. The quantitative estimate of drug-likeness (QED) is 0.795. The molecule has 0 aromatic carbocycles. The van der Waals surface area contributed by atoms with Crippen molar-refractivity contribution in [3.63, 3.8) is 0 Å². The van der Waals surface area contributed by atoms with E-state index >= 15 is 0 Å². The number of piperidine rings is 1. The van der Waals surface area contributed by atoms with E-state index in [0.29, 0.717) is 5.91 Å². The number of amides is 1. The van der Waals surface area contributed by atoms with E-state index in [4.69, 9.17) is 0 Å². The summed E-state index contributed by atoms with van der Waals surface area (Å²) < 4.78 is 0. The molecule has 0 bridgehead atoms. The molecular formula is C15H29N3O. The summed E-state index contributed by atoms with van der Waals surface area (Å²) in [5, 5.41) is 3.35. The van der Waals surface area contributed by atoms with Crippen LogP contribution in [-0.4, -0.2) is 55.1 Å². The topological polar surface area (TPSA) is 35.6 Å². The lowest BCUT2D eigenvalue weighted by Gasteiger charge is -2.29. The zero-order valence-corrected chi connectivity index (χ0v) is 12.5. The van der Waals surface area contributed by atoms with E-state index in [1.165, 1.54) is 38.8 Å². The van der Waals surface area contributed by atoms with Gasteiger partial charge >= 0.3 is 0 Å². The monoisotopic (exact) mass is 267 g/mol. The van der Waals surface area contributed by atoms with E-state index in [1.807, 2.05) is 4.90 Å². The van der Waals surface area contributed by atoms with Gasteiger partial charge in [-0.05, 0) is 51.7 Å². The Bertz CT molecular complexity index is 287. The molecule has 0 aromatic heterocycles. The number of carbonyl (C=O) groups excluding carboxylic acids is 1. The van der Waals surface area contributed by atoms with Crippen molar-refractivity contribution in [3.05, 3.63) is 0 Å². The first-order valence-corrected chi connectivity index (χ1v) is 7.91. The van der Waals surface area contributed by atoms with Gasteiger partial charge in [0.1, 0.15) is 0 Å². The van der Waals surface area contributed by atoms with Crippen LogP contribution >= 0.6 is 0 Å². The Kier molecular flexibility index (Phi) is 5.64. The molecule has 1 atom stereocenters. The predicted molar refractivity (Wildman–Crippen MR) is 77.9 cm³/mol. The highest BCUT2D eigenvalue weighted by molar-refractivity contribution is 5.83. The van der Waals surface area contributed by atoms with Crippen LogP contribution in [0.2, 0.25) is 0 Å². The van der Waals surface area contributed by atoms with Gasteiger partial charge in [-0.2, -0.15) is 0 Å². The number of hydrogen-bond acceptors (Lipinski definition) is 3. The van der Waals surface area contributed by atoms with Crippen molar-refractivity contribution < 1.29 is 4.79 Å². The van der Waals surface area contributed by atoms with Crippen LogP contribution in [0.3, 0.4) is 0 Å². The maximum absolute atomic E-state index is 12.2. The van der Waals surface area contributed by atoms with Crippen LogP contribution in [0.4, 0.5) is 0 Å². The highest BCUT2D eigenvalue weighted by Crippen LogP contribution is 2.20.